The lowest BCUT2D eigenvalue weighted by molar-refractivity contribution is 0.0695. The first-order valence-electron chi connectivity index (χ1n) is 6.41. The van der Waals surface area contributed by atoms with Crippen molar-refractivity contribution in [3.63, 3.8) is 0 Å². The number of aryl methyl sites for hydroxylation is 1. The molecular formula is C15H17NO2. The van der Waals surface area contributed by atoms with Crippen LogP contribution in [0.3, 0.4) is 0 Å². The van der Waals surface area contributed by atoms with E-state index >= 15 is 0 Å². The van der Waals surface area contributed by atoms with Crippen molar-refractivity contribution in [2.75, 3.05) is 0 Å². The fourth-order valence-corrected chi connectivity index (χ4v) is 2.28. The van der Waals surface area contributed by atoms with E-state index in [0.29, 0.717) is 17.9 Å². The van der Waals surface area contributed by atoms with Crippen molar-refractivity contribution in [2.24, 2.45) is 5.92 Å². The van der Waals surface area contributed by atoms with Crippen molar-refractivity contribution >= 4 is 5.97 Å². The van der Waals surface area contributed by atoms with Gasteiger partial charge in [0, 0.05) is 0 Å². The zero-order valence-corrected chi connectivity index (χ0v) is 10.5. The van der Waals surface area contributed by atoms with Crippen LogP contribution in [0.4, 0.5) is 0 Å². The van der Waals surface area contributed by atoms with E-state index in [1.54, 1.807) is 12.1 Å². The summed E-state index contributed by atoms with van der Waals surface area (Å²) in [6.45, 7) is 1.94. The lowest BCUT2D eigenvalue weighted by Crippen LogP contribution is -2.05. The van der Waals surface area contributed by atoms with Gasteiger partial charge in [0.25, 0.3) is 0 Å². The molecule has 3 nitrogen and oxygen atoms in total. The molecule has 1 saturated carbocycles. The average Bonchev–Trinajstić information content (AvgIpc) is 3.19. The Kier molecular flexibility index (Phi) is 3.66. The number of carbonyl (C=O) groups is 1. The highest BCUT2D eigenvalue weighted by molar-refractivity contribution is 5.89. The van der Waals surface area contributed by atoms with Crippen molar-refractivity contribution in [2.45, 2.75) is 38.5 Å². The van der Waals surface area contributed by atoms with Gasteiger partial charge in [-0.15, -0.1) is 0 Å². The maximum atomic E-state index is 11.1. The standard InChI is InChI=1S/C15H17NO2/c1-2-11-8-12(5-6-14(11)15(17)18)13(9-16)7-10-3-4-10/h5-6,8,10,13H,2-4,7H2,1H3,(H,17,18). The Hall–Kier alpha value is -1.82. The molecule has 2 rings (SSSR count). The number of nitrogens with zero attached hydrogens (tertiary/aromatic N) is 1. The molecule has 0 radical (unpaired) electrons. The summed E-state index contributed by atoms with van der Waals surface area (Å²) in [6, 6.07) is 7.65. The Morgan fingerprint density at radius 3 is 2.78 bits per heavy atom. The molecular weight excluding hydrogens is 226 g/mol. The summed E-state index contributed by atoms with van der Waals surface area (Å²) < 4.78 is 0. The second-order valence-electron chi connectivity index (χ2n) is 4.94. The average molecular weight is 243 g/mol. The minimum atomic E-state index is -0.894. The van der Waals surface area contributed by atoms with Crippen molar-refractivity contribution in [1.82, 2.24) is 0 Å². The van der Waals surface area contributed by atoms with Crippen LogP contribution in [0.15, 0.2) is 18.2 Å². The first kappa shape index (κ1) is 12.6. The third kappa shape index (κ3) is 2.70. The van der Waals surface area contributed by atoms with Crippen LogP contribution < -0.4 is 0 Å². The van der Waals surface area contributed by atoms with Crippen LogP contribution in [0.2, 0.25) is 0 Å². The second-order valence-corrected chi connectivity index (χ2v) is 4.94. The molecule has 1 fully saturated rings. The van der Waals surface area contributed by atoms with E-state index in [-0.39, 0.29) is 5.92 Å². The predicted molar refractivity (Wildman–Crippen MR) is 68.5 cm³/mol. The summed E-state index contributed by atoms with van der Waals surface area (Å²) in [5.41, 5.74) is 2.13. The summed E-state index contributed by atoms with van der Waals surface area (Å²) >= 11 is 0. The quantitative estimate of drug-likeness (QED) is 0.862. The molecule has 1 aliphatic rings. The van der Waals surface area contributed by atoms with Gasteiger partial charge in [-0.05, 0) is 36.0 Å². The van der Waals surface area contributed by atoms with E-state index in [0.717, 1.165) is 17.5 Å². The van der Waals surface area contributed by atoms with Gasteiger partial charge in [0.15, 0.2) is 0 Å². The number of carboxylic acid groups (broad SMARTS) is 1. The fourth-order valence-electron chi connectivity index (χ4n) is 2.28. The molecule has 1 atom stereocenters. The Balaban J connectivity index is 2.27. The van der Waals surface area contributed by atoms with Crippen LogP contribution in [0.25, 0.3) is 0 Å². The molecule has 1 N–H and O–H groups in total. The third-order valence-corrected chi connectivity index (χ3v) is 3.56. The molecule has 1 aromatic rings. The molecule has 0 aromatic heterocycles. The number of hydrogen-bond donors (Lipinski definition) is 1. The number of carboxylic acids is 1. The molecule has 0 saturated heterocycles. The molecule has 1 aliphatic carbocycles. The lowest BCUT2D eigenvalue weighted by Gasteiger charge is -2.12. The molecule has 94 valence electrons. The van der Waals surface area contributed by atoms with Crippen LogP contribution in [-0.4, -0.2) is 11.1 Å². The Morgan fingerprint density at radius 2 is 2.28 bits per heavy atom. The third-order valence-electron chi connectivity index (χ3n) is 3.56. The monoisotopic (exact) mass is 243 g/mol. The van der Waals surface area contributed by atoms with E-state index in [9.17, 15) is 10.1 Å². The van der Waals surface area contributed by atoms with Gasteiger partial charge in [-0.3, -0.25) is 0 Å². The summed E-state index contributed by atoms with van der Waals surface area (Å²) in [7, 11) is 0. The first-order valence-corrected chi connectivity index (χ1v) is 6.41. The predicted octanol–water partition coefficient (Wildman–Crippen LogP) is 3.35. The van der Waals surface area contributed by atoms with E-state index in [1.165, 1.54) is 12.8 Å². The molecule has 0 heterocycles. The second kappa shape index (κ2) is 5.22. The Morgan fingerprint density at radius 1 is 1.56 bits per heavy atom. The number of aromatic carboxylic acids is 1. The van der Waals surface area contributed by atoms with Gasteiger partial charge in [0.2, 0.25) is 0 Å². The SMILES string of the molecule is CCc1cc(C(C#N)CC2CC2)ccc1C(=O)O. The molecule has 18 heavy (non-hydrogen) atoms. The molecule has 0 bridgehead atoms. The summed E-state index contributed by atoms with van der Waals surface area (Å²) in [5.74, 6) is -0.293. The number of rotatable bonds is 5. The summed E-state index contributed by atoms with van der Waals surface area (Å²) in [5, 5.41) is 18.3. The molecule has 3 heteroatoms. The highest BCUT2D eigenvalue weighted by Crippen LogP contribution is 2.38. The van der Waals surface area contributed by atoms with Gasteiger partial charge in [0.1, 0.15) is 0 Å². The van der Waals surface area contributed by atoms with Gasteiger partial charge in [-0.1, -0.05) is 31.9 Å². The van der Waals surface area contributed by atoms with Gasteiger partial charge in [-0.25, -0.2) is 4.79 Å². The Labute approximate surface area is 107 Å². The van der Waals surface area contributed by atoms with Crippen LogP contribution in [0, 0.1) is 17.2 Å². The Bertz CT molecular complexity index is 498. The number of benzene rings is 1. The van der Waals surface area contributed by atoms with E-state index in [2.05, 4.69) is 6.07 Å². The maximum Gasteiger partial charge on any atom is 0.335 e. The first-order chi connectivity index (χ1) is 8.65. The van der Waals surface area contributed by atoms with Crippen LogP contribution >= 0.6 is 0 Å². The number of hydrogen-bond acceptors (Lipinski definition) is 2. The van der Waals surface area contributed by atoms with Gasteiger partial charge < -0.3 is 5.11 Å². The molecule has 0 amide bonds. The lowest BCUT2D eigenvalue weighted by atomic mass is 9.91. The van der Waals surface area contributed by atoms with Crippen molar-refractivity contribution in [1.29, 1.82) is 5.26 Å². The van der Waals surface area contributed by atoms with Crippen molar-refractivity contribution < 1.29 is 9.90 Å². The number of nitriles is 1. The van der Waals surface area contributed by atoms with Gasteiger partial charge in [-0.2, -0.15) is 5.26 Å². The zero-order chi connectivity index (χ0) is 13.1. The zero-order valence-electron chi connectivity index (χ0n) is 10.5. The van der Waals surface area contributed by atoms with Crippen molar-refractivity contribution in [3.05, 3.63) is 34.9 Å². The molecule has 1 aromatic carbocycles. The summed E-state index contributed by atoms with van der Waals surface area (Å²) in [4.78, 5) is 11.1. The summed E-state index contributed by atoms with van der Waals surface area (Å²) in [6.07, 6.45) is 4.04. The maximum absolute atomic E-state index is 11.1. The highest BCUT2D eigenvalue weighted by Gasteiger charge is 2.26. The van der Waals surface area contributed by atoms with E-state index in [4.69, 9.17) is 5.11 Å². The topological polar surface area (TPSA) is 61.1 Å². The van der Waals surface area contributed by atoms with Crippen LogP contribution in [0.5, 0.6) is 0 Å². The van der Waals surface area contributed by atoms with Crippen molar-refractivity contribution in [3.8, 4) is 6.07 Å². The van der Waals surface area contributed by atoms with E-state index in [1.807, 2.05) is 13.0 Å². The minimum Gasteiger partial charge on any atom is -0.478 e. The molecule has 1 unspecified atom stereocenters. The smallest absolute Gasteiger partial charge is 0.335 e. The largest absolute Gasteiger partial charge is 0.478 e. The molecule has 0 spiro atoms. The molecule has 0 aliphatic heterocycles. The van der Waals surface area contributed by atoms with Gasteiger partial charge >= 0.3 is 5.97 Å². The fraction of sp³-hybridized carbons (Fsp3) is 0.467. The highest BCUT2D eigenvalue weighted by atomic mass is 16.4. The van der Waals surface area contributed by atoms with Crippen LogP contribution in [0.1, 0.15) is 53.6 Å². The van der Waals surface area contributed by atoms with E-state index < -0.39 is 5.97 Å². The normalized spacial score (nSPS) is 16.0. The van der Waals surface area contributed by atoms with Crippen LogP contribution in [-0.2, 0) is 6.42 Å². The van der Waals surface area contributed by atoms with Gasteiger partial charge in [0.05, 0.1) is 17.6 Å². The minimum absolute atomic E-state index is 0.0920.